The van der Waals surface area contributed by atoms with Crippen LogP contribution in [0.4, 0.5) is 0 Å². The molecule has 0 spiro atoms. The molecule has 0 atom stereocenters. The summed E-state index contributed by atoms with van der Waals surface area (Å²) in [5.74, 6) is 1.17. The molecule has 1 aromatic rings. The lowest BCUT2D eigenvalue weighted by Gasteiger charge is -2.12. The smallest absolute Gasteiger partial charge is 0.310 e. The molecule has 0 radical (unpaired) electrons. The topological polar surface area (TPSA) is 35.5 Å². The molecule has 19 heavy (non-hydrogen) atoms. The standard InChI is InChI=1S/C16H24O3/c1-11(2)10-18-15-7-6-14(13(5)8-15)9-16(17)19-12(3)4/h6-8,11-12H,9-10H2,1-5H3. The third kappa shape index (κ3) is 5.77. The van der Waals surface area contributed by atoms with E-state index in [1.165, 1.54) is 0 Å². The van der Waals surface area contributed by atoms with E-state index in [0.29, 0.717) is 18.9 Å². The first kappa shape index (κ1) is 15.5. The van der Waals surface area contributed by atoms with Crippen molar-refractivity contribution >= 4 is 5.97 Å². The number of ether oxygens (including phenoxy) is 2. The first-order valence-electron chi connectivity index (χ1n) is 6.80. The van der Waals surface area contributed by atoms with Gasteiger partial charge in [0.15, 0.2) is 0 Å². The lowest BCUT2D eigenvalue weighted by atomic mass is 10.1. The van der Waals surface area contributed by atoms with Gasteiger partial charge >= 0.3 is 5.97 Å². The number of carbonyl (C=O) groups is 1. The Morgan fingerprint density at radius 1 is 1.21 bits per heavy atom. The summed E-state index contributed by atoms with van der Waals surface area (Å²) >= 11 is 0. The monoisotopic (exact) mass is 264 g/mol. The van der Waals surface area contributed by atoms with Crippen LogP contribution in [0.1, 0.15) is 38.8 Å². The minimum absolute atomic E-state index is 0.0681. The van der Waals surface area contributed by atoms with Crippen molar-refractivity contribution in [2.24, 2.45) is 5.92 Å². The Morgan fingerprint density at radius 3 is 2.42 bits per heavy atom. The maximum atomic E-state index is 11.6. The quantitative estimate of drug-likeness (QED) is 0.737. The normalized spacial score (nSPS) is 10.9. The molecule has 3 nitrogen and oxygen atoms in total. The minimum Gasteiger partial charge on any atom is -0.493 e. The van der Waals surface area contributed by atoms with E-state index >= 15 is 0 Å². The van der Waals surface area contributed by atoms with E-state index in [2.05, 4.69) is 13.8 Å². The molecule has 0 aromatic heterocycles. The van der Waals surface area contributed by atoms with Crippen molar-refractivity contribution in [1.82, 2.24) is 0 Å². The van der Waals surface area contributed by atoms with Crippen LogP contribution < -0.4 is 4.74 Å². The molecule has 0 aliphatic heterocycles. The molecular weight excluding hydrogens is 240 g/mol. The van der Waals surface area contributed by atoms with Gasteiger partial charge in [-0.2, -0.15) is 0 Å². The molecule has 1 aromatic carbocycles. The number of hydrogen-bond donors (Lipinski definition) is 0. The van der Waals surface area contributed by atoms with E-state index in [9.17, 15) is 4.79 Å². The summed E-state index contributed by atoms with van der Waals surface area (Å²) in [4.78, 5) is 11.6. The van der Waals surface area contributed by atoms with Crippen molar-refractivity contribution in [2.75, 3.05) is 6.61 Å². The number of carbonyl (C=O) groups excluding carboxylic acids is 1. The molecule has 0 N–H and O–H groups in total. The zero-order valence-electron chi connectivity index (χ0n) is 12.5. The van der Waals surface area contributed by atoms with Gasteiger partial charge in [-0.3, -0.25) is 4.79 Å². The zero-order valence-corrected chi connectivity index (χ0v) is 12.5. The first-order chi connectivity index (χ1) is 8.88. The fourth-order valence-corrected chi connectivity index (χ4v) is 1.68. The molecule has 0 bridgehead atoms. The van der Waals surface area contributed by atoms with Crippen molar-refractivity contribution < 1.29 is 14.3 Å². The lowest BCUT2D eigenvalue weighted by Crippen LogP contribution is -2.14. The molecule has 3 heteroatoms. The lowest BCUT2D eigenvalue weighted by molar-refractivity contribution is -0.146. The Kier molecular flexibility index (Phi) is 5.87. The molecule has 0 aliphatic carbocycles. The highest BCUT2D eigenvalue weighted by atomic mass is 16.5. The molecule has 0 heterocycles. The van der Waals surface area contributed by atoms with Gasteiger partial charge in [-0.15, -0.1) is 0 Å². The van der Waals surface area contributed by atoms with Crippen LogP contribution in [0.15, 0.2) is 18.2 Å². The molecule has 0 saturated carbocycles. The third-order valence-corrected chi connectivity index (χ3v) is 2.60. The predicted molar refractivity (Wildman–Crippen MR) is 76.4 cm³/mol. The molecule has 0 saturated heterocycles. The zero-order chi connectivity index (χ0) is 14.4. The summed E-state index contributed by atoms with van der Waals surface area (Å²) in [6, 6.07) is 5.82. The van der Waals surface area contributed by atoms with Gasteiger partial charge in [0.1, 0.15) is 5.75 Å². The summed E-state index contributed by atoms with van der Waals surface area (Å²) in [7, 11) is 0. The van der Waals surface area contributed by atoms with E-state index in [1.54, 1.807) is 0 Å². The highest BCUT2D eigenvalue weighted by Gasteiger charge is 2.09. The van der Waals surface area contributed by atoms with Gasteiger partial charge < -0.3 is 9.47 Å². The summed E-state index contributed by atoms with van der Waals surface area (Å²) in [6.07, 6.45) is 0.246. The third-order valence-electron chi connectivity index (χ3n) is 2.60. The molecule has 0 fully saturated rings. The second-order valence-corrected chi connectivity index (χ2v) is 5.51. The SMILES string of the molecule is Cc1cc(OCC(C)C)ccc1CC(=O)OC(C)C. The molecule has 106 valence electrons. The Morgan fingerprint density at radius 2 is 1.89 bits per heavy atom. The van der Waals surface area contributed by atoms with Crippen LogP contribution >= 0.6 is 0 Å². The van der Waals surface area contributed by atoms with E-state index in [4.69, 9.17) is 9.47 Å². The number of hydrogen-bond acceptors (Lipinski definition) is 3. The van der Waals surface area contributed by atoms with Crippen LogP contribution in [0.25, 0.3) is 0 Å². The average Bonchev–Trinajstić information content (AvgIpc) is 2.28. The Bertz CT molecular complexity index is 422. The summed E-state index contributed by atoms with van der Waals surface area (Å²) in [5.41, 5.74) is 2.05. The molecule has 0 unspecified atom stereocenters. The highest BCUT2D eigenvalue weighted by molar-refractivity contribution is 5.73. The molecule has 0 aliphatic rings. The number of rotatable bonds is 6. The first-order valence-corrected chi connectivity index (χ1v) is 6.80. The largest absolute Gasteiger partial charge is 0.493 e. The van der Waals surface area contributed by atoms with Gasteiger partial charge in [-0.25, -0.2) is 0 Å². The number of aryl methyl sites for hydroxylation is 1. The maximum Gasteiger partial charge on any atom is 0.310 e. The summed E-state index contributed by atoms with van der Waals surface area (Å²) < 4.78 is 10.8. The van der Waals surface area contributed by atoms with Crippen LogP contribution in [0.3, 0.4) is 0 Å². The summed E-state index contributed by atoms with van der Waals surface area (Å²) in [5, 5.41) is 0. The molecule has 0 amide bonds. The number of benzene rings is 1. The fourth-order valence-electron chi connectivity index (χ4n) is 1.68. The van der Waals surface area contributed by atoms with Crippen LogP contribution in [0.5, 0.6) is 5.75 Å². The van der Waals surface area contributed by atoms with Crippen molar-refractivity contribution in [3.05, 3.63) is 29.3 Å². The fraction of sp³-hybridized carbons (Fsp3) is 0.562. The van der Waals surface area contributed by atoms with E-state index < -0.39 is 0 Å². The van der Waals surface area contributed by atoms with Gasteiger partial charge in [0.25, 0.3) is 0 Å². The van der Waals surface area contributed by atoms with Gasteiger partial charge in [0, 0.05) is 0 Å². The Hall–Kier alpha value is -1.51. The van der Waals surface area contributed by atoms with E-state index in [0.717, 1.165) is 16.9 Å². The molecular formula is C16H24O3. The van der Waals surface area contributed by atoms with E-state index in [-0.39, 0.29) is 12.1 Å². The van der Waals surface area contributed by atoms with Crippen LogP contribution in [0.2, 0.25) is 0 Å². The number of esters is 1. The van der Waals surface area contributed by atoms with Crippen molar-refractivity contribution in [3.63, 3.8) is 0 Å². The van der Waals surface area contributed by atoms with E-state index in [1.807, 2.05) is 39.0 Å². The highest BCUT2D eigenvalue weighted by Crippen LogP contribution is 2.19. The van der Waals surface area contributed by atoms with Gasteiger partial charge in [-0.1, -0.05) is 19.9 Å². The van der Waals surface area contributed by atoms with Crippen LogP contribution in [-0.4, -0.2) is 18.7 Å². The van der Waals surface area contributed by atoms with Gasteiger partial charge in [0.2, 0.25) is 0 Å². The van der Waals surface area contributed by atoms with Gasteiger partial charge in [0.05, 0.1) is 19.1 Å². The average molecular weight is 264 g/mol. The predicted octanol–water partition coefficient (Wildman–Crippen LogP) is 3.52. The minimum atomic E-state index is -0.186. The van der Waals surface area contributed by atoms with Crippen molar-refractivity contribution in [1.29, 1.82) is 0 Å². The second kappa shape index (κ2) is 7.17. The maximum absolute atomic E-state index is 11.6. The van der Waals surface area contributed by atoms with Crippen molar-refractivity contribution in [3.8, 4) is 5.75 Å². The van der Waals surface area contributed by atoms with Crippen molar-refractivity contribution in [2.45, 2.75) is 47.1 Å². The molecule has 1 rings (SSSR count). The van der Waals surface area contributed by atoms with Gasteiger partial charge in [-0.05, 0) is 49.9 Å². The van der Waals surface area contributed by atoms with Crippen LogP contribution in [0, 0.1) is 12.8 Å². The second-order valence-electron chi connectivity index (χ2n) is 5.51. The Labute approximate surface area is 115 Å². The Balaban J connectivity index is 2.64. The summed E-state index contributed by atoms with van der Waals surface area (Å²) in [6.45, 7) is 10.6. The van der Waals surface area contributed by atoms with Crippen LogP contribution in [-0.2, 0) is 16.0 Å².